The molecule has 9 heteroatoms. The molecule has 134 valence electrons. The SMILES string of the molecule is O=c1[nH]ncc(Cl)c1-c1ccn(Cc2ccccc2C(F)(F)F)c(=O)c1. The van der Waals surface area contributed by atoms with Gasteiger partial charge in [0.2, 0.25) is 0 Å². The molecule has 0 amide bonds. The fraction of sp³-hybridized carbons (Fsp3) is 0.118. The summed E-state index contributed by atoms with van der Waals surface area (Å²) in [6.45, 7) is -0.255. The van der Waals surface area contributed by atoms with Gasteiger partial charge in [-0.15, -0.1) is 0 Å². The first kappa shape index (κ1) is 17.9. The Kier molecular flexibility index (Phi) is 4.69. The Morgan fingerprint density at radius 3 is 2.54 bits per heavy atom. The molecule has 0 spiro atoms. The summed E-state index contributed by atoms with van der Waals surface area (Å²) in [5.74, 6) is 0. The van der Waals surface area contributed by atoms with Crippen LogP contribution in [-0.2, 0) is 12.7 Å². The number of nitrogens with one attached hydrogen (secondary N) is 1. The minimum atomic E-state index is -4.52. The molecule has 1 aromatic carbocycles. The van der Waals surface area contributed by atoms with Gasteiger partial charge in [-0.05, 0) is 23.3 Å². The van der Waals surface area contributed by atoms with Gasteiger partial charge < -0.3 is 4.57 Å². The number of rotatable bonds is 3. The predicted octanol–water partition coefficient (Wildman–Crippen LogP) is 3.32. The van der Waals surface area contributed by atoms with Crippen LogP contribution in [-0.4, -0.2) is 14.8 Å². The maximum atomic E-state index is 13.1. The third-order valence-electron chi connectivity index (χ3n) is 3.76. The summed E-state index contributed by atoms with van der Waals surface area (Å²) in [4.78, 5) is 24.2. The molecule has 2 heterocycles. The standard InChI is InChI=1S/C17H11ClF3N3O2/c18-13-8-22-23-16(26)15(13)10-5-6-24(14(25)7-10)9-11-3-1-2-4-12(11)17(19,20)21/h1-8H,9H2,(H,23,26). The molecule has 3 rings (SSSR count). The molecule has 1 N–H and O–H groups in total. The molecular formula is C17H11ClF3N3O2. The van der Waals surface area contributed by atoms with Crippen molar-refractivity contribution in [3.63, 3.8) is 0 Å². The van der Waals surface area contributed by atoms with E-state index >= 15 is 0 Å². The molecule has 0 aliphatic carbocycles. The largest absolute Gasteiger partial charge is 0.416 e. The third-order valence-corrected chi connectivity index (χ3v) is 4.04. The van der Waals surface area contributed by atoms with Crippen LogP contribution in [0.4, 0.5) is 13.2 Å². The first-order chi connectivity index (χ1) is 12.3. The average molecular weight is 382 g/mol. The molecule has 2 aromatic heterocycles. The van der Waals surface area contributed by atoms with E-state index in [0.717, 1.165) is 16.7 Å². The van der Waals surface area contributed by atoms with Crippen molar-refractivity contribution in [2.45, 2.75) is 12.7 Å². The van der Waals surface area contributed by atoms with E-state index < -0.39 is 22.9 Å². The number of benzene rings is 1. The average Bonchev–Trinajstić information content (AvgIpc) is 2.56. The second-order valence-corrected chi connectivity index (χ2v) is 5.87. The zero-order valence-electron chi connectivity index (χ0n) is 13.0. The Morgan fingerprint density at radius 1 is 1.15 bits per heavy atom. The van der Waals surface area contributed by atoms with Crippen molar-refractivity contribution in [3.8, 4) is 11.1 Å². The summed E-state index contributed by atoms with van der Waals surface area (Å²) < 4.78 is 40.4. The number of hydrogen-bond acceptors (Lipinski definition) is 3. The fourth-order valence-corrected chi connectivity index (χ4v) is 2.80. The number of alkyl halides is 3. The number of hydrogen-bond donors (Lipinski definition) is 1. The van der Waals surface area contributed by atoms with Gasteiger partial charge in [0, 0.05) is 12.3 Å². The Labute approximate surface area is 149 Å². The number of H-pyrrole nitrogens is 1. The molecule has 3 aromatic rings. The summed E-state index contributed by atoms with van der Waals surface area (Å²) in [6.07, 6.45) is -1.97. The van der Waals surface area contributed by atoms with Gasteiger partial charge in [0.1, 0.15) is 0 Å². The minimum absolute atomic E-state index is 0.0327. The molecular weight excluding hydrogens is 371 g/mol. The van der Waals surface area contributed by atoms with Crippen LogP contribution in [0.5, 0.6) is 0 Å². The van der Waals surface area contributed by atoms with Crippen LogP contribution < -0.4 is 11.1 Å². The van der Waals surface area contributed by atoms with E-state index in [4.69, 9.17) is 11.6 Å². The quantitative estimate of drug-likeness (QED) is 0.756. The van der Waals surface area contributed by atoms with Crippen molar-refractivity contribution >= 4 is 11.6 Å². The van der Waals surface area contributed by atoms with Crippen LogP contribution in [0, 0.1) is 0 Å². The van der Waals surface area contributed by atoms with Gasteiger partial charge in [0.05, 0.1) is 28.9 Å². The highest BCUT2D eigenvalue weighted by Gasteiger charge is 2.32. The number of pyridine rings is 1. The molecule has 0 saturated carbocycles. The molecule has 26 heavy (non-hydrogen) atoms. The molecule has 0 radical (unpaired) electrons. The van der Waals surface area contributed by atoms with Crippen molar-refractivity contribution in [2.24, 2.45) is 0 Å². The maximum absolute atomic E-state index is 13.1. The van der Waals surface area contributed by atoms with E-state index in [1.165, 1.54) is 36.7 Å². The van der Waals surface area contributed by atoms with Gasteiger partial charge in [-0.2, -0.15) is 18.3 Å². The van der Waals surface area contributed by atoms with Gasteiger partial charge >= 0.3 is 6.18 Å². The molecule has 0 fully saturated rings. The van der Waals surface area contributed by atoms with Gasteiger partial charge in [0.25, 0.3) is 11.1 Å². The van der Waals surface area contributed by atoms with Gasteiger partial charge in [-0.25, -0.2) is 5.10 Å². The van der Waals surface area contributed by atoms with E-state index in [9.17, 15) is 22.8 Å². The Hall–Kier alpha value is -2.87. The zero-order valence-corrected chi connectivity index (χ0v) is 13.8. The highest BCUT2D eigenvalue weighted by Crippen LogP contribution is 2.32. The monoisotopic (exact) mass is 381 g/mol. The summed E-state index contributed by atoms with van der Waals surface area (Å²) in [5, 5.41) is 5.82. The predicted molar refractivity (Wildman–Crippen MR) is 90.1 cm³/mol. The van der Waals surface area contributed by atoms with Crippen LogP contribution in [0.1, 0.15) is 11.1 Å². The van der Waals surface area contributed by atoms with E-state index in [-0.39, 0.29) is 28.3 Å². The van der Waals surface area contributed by atoms with Gasteiger partial charge in [0.15, 0.2) is 0 Å². The van der Waals surface area contributed by atoms with Crippen molar-refractivity contribution in [1.29, 1.82) is 0 Å². The number of aromatic amines is 1. The topological polar surface area (TPSA) is 67.8 Å². The summed E-state index contributed by atoms with van der Waals surface area (Å²) in [5.41, 5.74) is -1.64. The summed E-state index contributed by atoms with van der Waals surface area (Å²) in [6, 6.07) is 7.62. The maximum Gasteiger partial charge on any atom is 0.416 e. The highest BCUT2D eigenvalue weighted by atomic mass is 35.5. The Bertz CT molecular complexity index is 1070. The van der Waals surface area contributed by atoms with E-state index in [1.54, 1.807) is 0 Å². The van der Waals surface area contributed by atoms with Crippen molar-refractivity contribution in [1.82, 2.24) is 14.8 Å². The lowest BCUT2D eigenvalue weighted by molar-refractivity contribution is -0.138. The highest BCUT2D eigenvalue weighted by molar-refractivity contribution is 6.33. The molecule has 0 saturated heterocycles. The lowest BCUT2D eigenvalue weighted by Crippen LogP contribution is -2.22. The molecule has 5 nitrogen and oxygen atoms in total. The summed E-state index contributed by atoms with van der Waals surface area (Å²) >= 11 is 5.94. The normalized spacial score (nSPS) is 11.5. The molecule has 0 atom stereocenters. The van der Waals surface area contributed by atoms with Crippen molar-refractivity contribution < 1.29 is 13.2 Å². The minimum Gasteiger partial charge on any atom is -0.311 e. The molecule has 0 unspecified atom stereocenters. The van der Waals surface area contributed by atoms with Crippen molar-refractivity contribution in [3.05, 3.63) is 85.6 Å². The first-order valence-corrected chi connectivity index (χ1v) is 7.74. The Balaban J connectivity index is 2.01. The van der Waals surface area contributed by atoms with Gasteiger partial charge in [-0.3, -0.25) is 9.59 Å². The zero-order chi connectivity index (χ0) is 18.9. The first-order valence-electron chi connectivity index (χ1n) is 7.36. The number of aromatic nitrogens is 3. The van der Waals surface area contributed by atoms with E-state index in [1.807, 2.05) is 0 Å². The van der Waals surface area contributed by atoms with Crippen LogP contribution in [0.15, 0.2) is 58.4 Å². The van der Waals surface area contributed by atoms with Crippen molar-refractivity contribution in [2.75, 3.05) is 0 Å². The second kappa shape index (κ2) is 6.80. The number of nitrogens with zero attached hydrogens (tertiary/aromatic N) is 2. The molecule has 0 aliphatic rings. The molecule has 0 bridgehead atoms. The molecule has 0 aliphatic heterocycles. The summed E-state index contributed by atoms with van der Waals surface area (Å²) in [7, 11) is 0. The van der Waals surface area contributed by atoms with E-state index in [0.29, 0.717) is 0 Å². The lowest BCUT2D eigenvalue weighted by atomic mass is 10.1. The second-order valence-electron chi connectivity index (χ2n) is 5.46. The lowest BCUT2D eigenvalue weighted by Gasteiger charge is -2.14. The smallest absolute Gasteiger partial charge is 0.311 e. The van der Waals surface area contributed by atoms with Crippen LogP contribution in [0.25, 0.3) is 11.1 Å². The van der Waals surface area contributed by atoms with Gasteiger partial charge in [-0.1, -0.05) is 29.8 Å². The van der Waals surface area contributed by atoms with E-state index in [2.05, 4.69) is 10.2 Å². The third kappa shape index (κ3) is 3.55. The van der Waals surface area contributed by atoms with Crippen LogP contribution >= 0.6 is 11.6 Å². The van der Waals surface area contributed by atoms with Crippen LogP contribution in [0.2, 0.25) is 5.02 Å². The number of halogens is 4. The van der Waals surface area contributed by atoms with Crippen LogP contribution in [0.3, 0.4) is 0 Å². The fourth-order valence-electron chi connectivity index (χ4n) is 2.56. The Morgan fingerprint density at radius 2 is 1.88 bits per heavy atom.